The van der Waals surface area contributed by atoms with Gasteiger partial charge >= 0.3 is 0 Å². The van der Waals surface area contributed by atoms with Crippen LogP contribution in [-0.4, -0.2) is 43.0 Å². The summed E-state index contributed by atoms with van der Waals surface area (Å²) in [5.41, 5.74) is 2.90. The van der Waals surface area contributed by atoms with Crippen molar-refractivity contribution in [1.29, 1.82) is 0 Å². The number of thiazole rings is 1. The molecule has 0 saturated carbocycles. The van der Waals surface area contributed by atoms with Gasteiger partial charge in [-0.3, -0.25) is 5.32 Å². The number of pyridine rings is 1. The number of hydrogen-bond acceptors (Lipinski definition) is 10. The van der Waals surface area contributed by atoms with Crippen LogP contribution in [-0.2, 0) is 0 Å². The lowest BCUT2D eigenvalue weighted by Crippen LogP contribution is -2.07. The maximum Gasteiger partial charge on any atom is 0.230 e. The minimum Gasteiger partial charge on any atom is -0.325 e. The Bertz CT molecular complexity index is 1250. The van der Waals surface area contributed by atoms with Crippen LogP contribution in [0.2, 0.25) is 0 Å². The third kappa shape index (κ3) is 4.55. The Hall–Kier alpha value is -3.76. The summed E-state index contributed by atoms with van der Waals surface area (Å²) in [5.74, 6) is 2.24. The van der Waals surface area contributed by atoms with Crippen molar-refractivity contribution in [3.63, 3.8) is 0 Å². The van der Waals surface area contributed by atoms with Crippen LogP contribution in [0.4, 0.5) is 22.7 Å². The van der Waals surface area contributed by atoms with Gasteiger partial charge in [-0.1, -0.05) is 23.5 Å². The number of aryl methyl sites for hydroxylation is 1. The standard InChI is InChI=1S/C21H19N9S/c1-13-3-2-4-15(26-13)19-23-9-6-17(28-19)27-18-7-10-24-20(29-18)30-21-25-12-16(31-21)14-5-8-22-11-14/h2-7,9-10,12,22H,8,11H2,1H3,(H2,23,24,25,27,28,29,30). The van der Waals surface area contributed by atoms with Crippen LogP contribution in [0, 0.1) is 6.92 Å². The third-order valence-corrected chi connectivity index (χ3v) is 5.52. The second-order valence-corrected chi connectivity index (χ2v) is 7.87. The third-order valence-electron chi connectivity index (χ3n) is 4.53. The maximum atomic E-state index is 4.55. The Morgan fingerprint density at radius 2 is 1.81 bits per heavy atom. The van der Waals surface area contributed by atoms with Crippen molar-refractivity contribution >= 4 is 39.6 Å². The topological polar surface area (TPSA) is 113 Å². The summed E-state index contributed by atoms with van der Waals surface area (Å²) < 4.78 is 0. The molecule has 3 N–H and O–H groups in total. The van der Waals surface area contributed by atoms with Gasteiger partial charge in [0.15, 0.2) is 11.0 Å². The largest absolute Gasteiger partial charge is 0.325 e. The second kappa shape index (κ2) is 8.54. The highest BCUT2D eigenvalue weighted by atomic mass is 32.1. The number of hydrogen-bond donors (Lipinski definition) is 3. The van der Waals surface area contributed by atoms with Crippen molar-refractivity contribution in [1.82, 2.24) is 35.2 Å². The Labute approximate surface area is 182 Å². The highest BCUT2D eigenvalue weighted by Gasteiger charge is 2.11. The Balaban J connectivity index is 1.31. The predicted molar refractivity (Wildman–Crippen MR) is 122 cm³/mol. The minimum atomic E-state index is 0.457. The molecule has 5 rings (SSSR count). The average Bonchev–Trinajstić information content (AvgIpc) is 3.46. The summed E-state index contributed by atoms with van der Waals surface area (Å²) in [6.45, 7) is 3.71. The van der Waals surface area contributed by atoms with Gasteiger partial charge < -0.3 is 10.6 Å². The molecule has 10 heteroatoms. The fraction of sp³-hybridized carbons (Fsp3) is 0.143. The number of aromatic nitrogens is 6. The molecular formula is C21H19N9S. The van der Waals surface area contributed by atoms with Gasteiger partial charge in [0.25, 0.3) is 0 Å². The van der Waals surface area contributed by atoms with Crippen LogP contribution >= 0.6 is 11.3 Å². The van der Waals surface area contributed by atoms with Gasteiger partial charge in [0, 0.05) is 37.4 Å². The van der Waals surface area contributed by atoms with Gasteiger partial charge in [0.05, 0.1) is 4.88 Å². The van der Waals surface area contributed by atoms with E-state index < -0.39 is 0 Å². The lowest BCUT2D eigenvalue weighted by atomic mass is 10.2. The van der Waals surface area contributed by atoms with Crippen molar-refractivity contribution in [3.8, 4) is 11.5 Å². The molecule has 0 aliphatic carbocycles. The molecule has 0 atom stereocenters. The fourth-order valence-electron chi connectivity index (χ4n) is 3.08. The zero-order valence-electron chi connectivity index (χ0n) is 16.7. The van der Waals surface area contributed by atoms with Crippen molar-refractivity contribution in [2.45, 2.75) is 6.92 Å². The van der Waals surface area contributed by atoms with E-state index in [4.69, 9.17) is 0 Å². The Morgan fingerprint density at radius 1 is 0.935 bits per heavy atom. The van der Waals surface area contributed by atoms with E-state index in [0.717, 1.165) is 34.5 Å². The first-order valence-corrected chi connectivity index (χ1v) is 10.5. The Kier molecular flexibility index (Phi) is 5.29. The molecule has 9 nitrogen and oxygen atoms in total. The molecule has 0 aromatic carbocycles. The highest BCUT2D eigenvalue weighted by Crippen LogP contribution is 2.28. The van der Waals surface area contributed by atoms with Gasteiger partial charge in [0.2, 0.25) is 5.95 Å². The second-order valence-electron chi connectivity index (χ2n) is 6.84. The molecule has 1 aliphatic heterocycles. The summed E-state index contributed by atoms with van der Waals surface area (Å²) >= 11 is 1.58. The quantitative estimate of drug-likeness (QED) is 0.423. The maximum absolute atomic E-state index is 4.55. The van der Waals surface area contributed by atoms with Crippen molar-refractivity contribution in [3.05, 3.63) is 65.6 Å². The van der Waals surface area contributed by atoms with Crippen LogP contribution in [0.5, 0.6) is 0 Å². The van der Waals surface area contributed by atoms with Crippen molar-refractivity contribution in [2.24, 2.45) is 0 Å². The zero-order valence-corrected chi connectivity index (χ0v) is 17.5. The lowest BCUT2D eigenvalue weighted by molar-refractivity contribution is 0.898. The number of nitrogens with zero attached hydrogens (tertiary/aromatic N) is 6. The molecule has 0 unspecified atom stereocenters. The molecule has 1 aliphatic rings. The first kappa shape index (κ1) is 19.2. The van der Waals surface area contributed by atoms with E-state index in [2.05, 4.69) is 51.9 Å². The van der Waals surface area contributed by atoms with E-state index in [1.807, 2.05) is 31.3 Å². The van der Waals surface area contributed by atoms with E-state index in [-0.39, 0.29) is 0 Å². The molecule has 31 heavy (non-hydrogen) atoms. The number of anilines is 4. The first-order valence-electron chi connectivity index (χ1n) is 9.73. The summed E-state index contributed by atoms with van der Waals surface area (Å²) in [5, 5.41) is 10.4. The highest BCUT2D eigenvalue weighted by molar-refractivity contribution is 7.16. The van der Waals surface area contributed by atoms with Gasteiger partial charge in [-0.2, -0.15) is 4.98 Å². The van der Waals surface area contributed by atoms with Crippen LogP contribution in [0.25, 0.3) is 17.1 Å². The van der Waals surface area contributed by atoms with E-state index in [0.29, 0.717) is 23.4 Å². The molecule has 0 bridgehead atoms. The molecule has 0 amide bonds. The van der Waals surface area contributed by atoms with Crippen LogP contribution in [0.15, 0.2) is 55.0 Å². The summed E-state index contributed by atoms with van der Waals surface area (Å²) in [4.78, 5) is 27.7. The molecule has 0 spiro atoms. The summed E-state index contributed by atoms with van der Waals surface area (Å²) in [6, 6.07) is 9.32. The molecule has 0 saturated heterocycles. The van der Waals surface area contributed by atoms with Crippen molar-refractivity contribution in [2.75, 3.05) is 23.7 Å². The normalized spacial score (nSPS) is 13.1. The Morgan fingerprint density at radius 3 is 2.65 bits per heavy atom. The van der Waals surface area contributed by atoms with Crippen LogP contribution in [0.3, 0.4) is 0 Å². The molecular weight excluding hydrogens is 410 g/mol. The van der Waals surface area contributed by atoms with Gasteiger partial charge in [-0.25, -0.2) is 24.9 Å². The van der Waals surface area contributed by atoms with Crippen molar-refractivity contribution < 1.29 is 0 Å². The average molecular weight is 430 g/mol. The summed E-state index contributed by atoms with van der Waals surface area (Å²) in [7, 11) is 0. The molecule has 4 aromatic rings. The minimum absolute atomic E-state index is 0.457. The number of rotatable bonds is 6. The van der Waals surface area contributed by atoms with E-state index >= 15 is 0 Å². The zero-order chi connectivity index (χ0) is 21.0. The van der Waals surface area contributed by atoms with E-state index in [9.17, 15) is 0 Å². The van der Waals surface area contributed by atoms with Gasteiger partial charge in [0.1, 0.15) is 17.3 Å². The van der Waals surface area contributed by atoms with Gasteiger partial charge in [-0.05, 0) is 36.8 Å². The molecule has 0 radical (unpaired) electrons. The summed E-state index contributed by atoms with van der Waals surface area (Å²) in [6.07, 6.45) is 7.43. The SMILES string of the molecule is Cc1cccc(-c2nccc(Nc3ccnc(Nc4ncc(C5=CCNC5)s4)n3)n2)n1. The predicted octanol–water partition coefficient (Wildman–Crippen LogP) is 3.57. The number of nitrogens with one attached hydrogen (secondary N) is 3. The molecule has 4 aromatic heterocycles. The monoisotopic (exact) mass is 429 g/mol. The van der Waals surface area contributed by atoms with Crippen LogP contribution in [0.1, 0.15) is 10.6 Å². The van der Waals surface area contributed by atoms with Crippen LogP contribution < -0.4 is 16.0 Å². The molecule has 0 fully saturated rings. The fourth-order valence-corrected chi connectivity index (χ4v) is 3.93. The van der Waals surface area contributed by atoms with E-state index in [1.54, 1.807) is 35.9 Å². The molecule has 154 valence electrons. The van der Waals surface area contributed by atoms with E-state index in [1.165, 1.54) is 5.57 Å². The lowest BCUT2D eigenvalue weighted by Gasteiger charge is -2.08. The van der Waals surface area contributed by atoms with Gasteiger partial charge in [-0.15, -0.1) is 0 Å². The smallest absolute Gasteiger partial charge is 0.230 e. The first-order chi connectivity index (χ1) is 15.2. The molecule has 5 heterocycles.